The third kappa shape index (κ3) is 12.9. The van der Waals surface area contributed by atoms with Crippen LogP contribution in [0, 0.1) is 0 Å². The number of benzene rings is 4. The fourth-order valence-corrected chi connectivity index (χ4v) is 5.62. The van der Waals surface area contributed by atoms with Gasteiger partial charge in [-0.1, -0.05) is 82.8 Å². The summed E-state index contributed by atoms with van der Waals surface area (Å²) in [5.74, 6) is -1.38. The van der Waals surface area contributed by atoms with Crippen molar-refractivity contribution in [3.63, 3.8) is 0 Å². The largest absolute Gasteiger partial charge is 0.494 e. The number of nitrogens with zero attached hydrogens (tertiary/aromatic N) is 1. The summed E-state index contributed by atoms with van der Waals surface area (Å²) in [4.78, 5) is 50.1. The standard InChI is InChI=1S/C26H23Cl4NO6.C12H16N2O3/c1-34-23-19(29)10-8-17(27)21(23)25(32)36-14-12-31(16-6-4-3-5-7-16)13-15-37-26(33)22-18(28)9-11-20(30)24(22)35-2;1-3-13-11(15)9(2)17-12(16)14-10-7-5-4-6-8-10/h3-11H,12-15H2,1-2H3;4-9H,3H2,1-2H3,(H,13,15)(H,14,16). The molecule has 4 rings (SSSR count). The predicted octanol–water partition coefficient (Wildman–Crippen LogP) is 8.60. The van der Waals surface area contributed by atoms with E-state index >= 15 is 0 Å². The van der Waals surface area contributed by atoms with Gasteiger partial charge in [-0.15, -0.1) is 0 Å². The Morgan fingerprint density at radius 1 is 0.667 bits per heavy atom. The summed E-state index contributed by atoms with van der Waals surface area (Å²) in [5, 5.41) is 5.90. The Hall–Kier alpha value is -4.88. The first-order valence-corrected chi connectivity index (χ1v) is 17.9. The molecular weight excluding hydrogens is 784 g/mol. The van der Waals surface area contributed by atoms with Crippen molar-refractivity contribution in [1.82, 2.24) is 5.32 Å². The highest BCUT2D eigenvalue weighted by atomic mass is 35.5. The van der Waals surface area contributed by atoms with E-state index in [2.05, 4.69) is 10.6 Å². The van der Waals surface area contributed by atoms with Gasteiger partial charge >= 0.3 is 18.0 Å². The molecule has 1 atom stereocenters. The van der Waals surface area contributed by atoms with Gasteiger partial charge in [-0.05, 0) is 62.4 Å². The molecule has 2 N–H and O–H groups in total. The number of likely N-dealkylation sites (N-methyl/N-ethyl adjacent to an activating group) is 1. The van der Waals surface area contributed by atoms with Crippen LogP contribution in [-0.2, 0) is 19.0 Å². The smallest absolute Gasteiger partial charge is 0.412 e. The second kappa shape index (κ2) is 22.4. The molecule has 0 bridgehead atoms. The zero-order valence-corrected chi connectivity index (χ0v) is 32.9. The monoisotopic (exact) mass is 821 g/mol. The van der Waals surface area contributed by atoms with Gasteiger partial charge in [-0.25, -0.2) is 14.4 Å². The molecular formula is C38H39Cl4N3O9. The van der Waals surface area contributed by atoms with Crippen LogP contribution in [0.1, 0.15) is 34.6 Å². The summed E-state index contributed by atoms with van der Waals surface area (Å²) in [6.45, 7) is 4.46. The summed E-state index contributed by atoms with van der Waals surface area (Å²) < 4.78 is 26.2. The number of rotatable bonds is 15. The van der Waals surface area contributed by atoms with Gasteiger partial charge in [0.05, 0.1) is 47.4 Å². The number of amides is 2. The van der Waals surface area contributed by atoms with Crippen molar-refractivity contribution in [2.24, 2.45) is 0 Å². The number of ether oxygens (including phenoxy) is 5. The van der Waals surface area contributed by atoms with Crippen molar-refractivity contribution >= 4 is 81.7 Å². The molecule has 0 spiro atoms. The summed E-state index contributed by atoms with van der Waals surface area (Å²) in [6, 6.07) is 24.3. The lowest BCUT2D eigenvalue weighted by atomic mass is 10.2. The van der Waals surface area contributed by atoms with Crippen LogP contribution in [0.2, 0.25) is 20.1 Å². The lowest BCUT2D eigenvalue weighted by molar-refractivity contribution is -0.128. The SMILES string of the molecule is CCNC(=O)C(C)OC(=O)Nc1ccccc1.COc1c(Cl)ccc(Cl)c1C(=O)OCCN(CCOC(=O)c1c(Cl)ccc(Cl)c1OC)c1ccccc1. The van der Waals surface area contributed by atoms with Gasteiger partial charge in [0, 0.05) is 17.9 Å². The molecule has 0 aliphatic rings. The normalized spacial score (nSPS) is 10.8. The molecule has 0 radical (unpaired) electrons. The van der Waals surface area contributed by atoms with E-state index in [0.29, 0.717) is 25.3 Å². The van der Waals surface area contributed by atoms with Crippen LogP contribution in [0.15, 0.2) is 84.9 Å². The van der Waals surface area contributed by atoms with E-state index in [1.807, 2.05) is 41.3 Å². The quantitative estimate of drug-likeness (QED) is 0.0885. The Kier molecular flexibility index (Phi) is 18.0. The molecule has 0 heterocycles. The van der Waals surface area contributed by atoms with Crippen molar-refractivity contribution in [2.45, 2.75) is 20.0 Å². The summed E-state index contributed by atoms with van der Waals surface area (Å²) in [6.07, 6.45) is -1.45. The van der Waals surface area contributed by atoms with Crippen LogP contribution in [-0.4, -0.2) is 77.1 Å². The number of nitrogens with one attached hydrogen (secondary N) is 2. The van der Waals surface area contributed by atoms with Gasteiger partial charge in [0.2, 0.25) is 0 Å². The molecule has 288 valence electrons. The number of carbonyl (C=O) groups excluding carboxylic acids is 4. The maximum atomic E-state index is 12.7. The van der Waals surface area contributed by atoms with Crippen LogP contribution in [0.3, 0.4) is 0 Å². The molecule has 2 amide bonds. The molecule has 0 aliphatic heterocycles. The van der Waals surface area contributed by atoms with Crippen LogP contribution < -0.4 is 25.0 Å². The Morgan fingerprint density at radius 2 is 1.11 bits per heavy atom. The zero-order valence-electron chi connectivity index (χ0n) is 29.8. The number of hydrogen-bond donors (Lipinski definition) is 2. The minimum atomic E-state index is -0.807. The Labute approximate surface area is 333 Å². The average molecular weight is 824 g/mol. The van der Waals surface area contributed by atoms with Gasteiger partial charge in [-0.2, -0.15) is 0 Å². The van der Waals surface area contributed by atoms with E-state index in [4.69, 9.17) is 70.1 Å². The summed E-state index contributed by atoms with van der Waals surface area (Å²) in [5.41, 5.74) is 1.56. The zero-order chi connectivity index (χ0) is 39.6. The van der Waals surface area contributed by atoms with Crippen molar-refractivity contribution in [3.05, 3.63) is 116 Å². The third-order valence-electron chi connectivity index (χ3n) is 7.27. The van der Waals surface area contributed by atoms with E-state index in [1.54, 1.807) is 31.2 Å². The minimum absolute atomic E-state index is 0.0155. The maximum Gasteiger partial charge on any atom is 0.412 e. The highest BCUT2D eigenvalue weighted by Crippen LogP contribution is 2.35. The topological polar surface area (TPSA) is 142 Å². The lowest BCUT2D eigenvalue weighted by Crippen LogP contribution is -2.36. The van der Waals surface area contributed by atoms with Gasteiger partial charge in [0.25, 0.3) is 5.91 Å². The van der Waals surface area contributed by atoms with Crippen LogP contribution in [0.5, 0.6) is 11.5 Å². The molecule has 0 aromatic heterocycles. The fourth-order valence-electron chi connectivity index (χ4n) is 4.70. The van der Waals surface area contributed by atoms with E-state index in [1.165, 1.54) is 45.4 Å². The molecule has 0 fully saturated rings. The number of esters is 2. The van der Waals surface area contributed by atoms with Gasteiger partial charge < -0.3 is 33.9 Å². The molecule has 0 saturated heterocycles. The molecule has 4 aromatic carbocycles. The third-order valence-corrected chi connectivity index (χ3v) is 8.49. The maximum absolute atomic E-state index is 12.7. The Morgan fingerprint density at radius 3 is 1.56 bits per heavy atom. The van der Waals surface area contributed by atoms with Crippen molar-refractivity contribution in [3.8, 4) is 11.5 Å². The molecule has 1 unspecified atom stereocenters. The van der Waals surface area contributed by atoms with E-state index in [0.717, 1.165) is 5.69 Å². The second-order valence-electron chi connectivity index (χ2n) is 10.9. The number of anilines is 2. The fraction of sp³-hybridized carbons (Fsp3) is 0.263. The number of para-hydroxylation sites is 2. The number of carbonyl (C=O) groups is 4. The van der Waals surface area contributed by atoms with Crippen LogP contribution in [0.25, 0.3) is 0 Å². The van der Waals surface area contributed by atoms with Gasteiger partial charge in [0.15, 0.2) is 17.6 Å². The molecule has 16 heteroatoms. The minimum Gasteiger partial charge on any atom is -0.494 e. The van der Waals surface area contributed by atoms with Crippen molar-refractivity contribution in [1.29, 1.82) is 0 Å². The van der Waals surface area contributed by atoms with Crippen LogP contribution in [0.4, 0.5) is 16.2 Å². The average Bonchev–Trinajstić information content (AvgIpc) is 3.16. The highest BCUT2D eigenvalue weighted by Gasteiger charge is 2.23. The summed E-state index contributed by atoms with van der Waals surface area (Å²) in [7, 11) is 2.78. The van der Waals surface area contributed by atoms with Crippen molar-refractivity contribution < 1.29 is 42.9 Å². The molecule has 12 nitrogen and oxygen atoms in total. The summed E-state index contributed by atoms with van der Waals surface area (Å²) >= 11 is 24.6. The Bertz CT molecular complexity index is 1790. The number of halogens is 4. The van der Waals surface area contributed by atoms with Crippen LogP contribution >= 0.6 is 46.4 Å². The first kappa shape index (κ1) is 43.5. The number of hydrogen-bond acceptors (Lipinski definition) is 10. The second-order valence-corrected chi connectivity index (χ2v) is 12.5. The molecule has 0 aliphatic carbocycles. The van der Waals surface area contributed by atoms with Crippen molar-refractivity contribution in [2.75, 3.05) is 57.3 Å². The van der Waals surface area contributed by atoms with E-state index < -0.39 is 24.1 Å². The highest BCUT2D eigenvalue weighted by molar-refractivity contribution is 6.37. The lowest BCUT2D eigenvalue weighted by Gasteiger charge is -2.24. The van der Waals surface area contributed by atoms with Gasteiger partial charge in [-0.3, -0.25) is 10.1 Å². The van der Waals surface area contributed by atoms with E-state index in [9.17, 15) is 19.2 Å². The number of methoxy groups -OCH3 is 2. The predicted molar refractivity (Wildman–Crippen MR) is 210 cm³/mol. The van der Waals surface area contributed by atoms with Gasteiger partial charge in [0.1, 0.15) is 24.3 Å². The first-order chi connectivity index (χ1) is 25.9. The van der Waals surface area contributed by atoms with E-state index in [-0.39, 0.29) is 61.8 Å². The molecule has 4 aromatic rings. The Balaban J connectivity index is 0.000000386. The molecule has 0 saturated carbocycles. The molecule has 54 heavy (non-hydrogen) atoms. The first-order valence-electron chi connectivity index (χ1n) is 16.4.